The van der Waals surface area contributed by atoms with E-state index in [4.69, 9.17) is 4.74 Å². The first kappa shape index (κ1) is 26.7. The largest absolute Gasteiger partial charge is 0.507 e. The molecule has 0 spiro atoms. The van der Waals surface area contributed by atoms with Crippen LogP contribution in [0.2, 0.25) is 0 Å². The number of ether oxygens (including phenoxy) is 1. The summed E-state index contributed by atoms with van der Waals surface area (Å²) in [5.41, 5.74) is 1.26. The normalized spacial score (nSPS) is 20.2. The predicted molar refractivity (Wildman–Crippen MR) is 145 cm³/mol. The number of pyridine rings is 1. The molecule has 0 amide bonds. The molecular formula is C24H27F2N5O2S3. The van der Waals surface area contributed by atoms with Crippen molar-refractivity contribution in [2.75, 3.05) is 11.9 Å². The summed E-state index contributed by atoms with van der Waals surface area (Å²) in [6, 6.07) is 7.14. The third-order valence-corrected chi connectivity index (χ3v) is 6.68. The van der Waals surface area contributed by atoms with Crippen molar-refractivity contribution in [1.29, 1.82) is 0 Å². The Morgan fingerprint density at radius 1 is 1.14 bits per heavy atom. The molecule has 0 unspecified atom stereocenters. The second kappa shape index (κ2) is 11.0. The highest BCUT2D eigenvalue weighted by atomic mass is 32.2. The van der Waals surface area contributed by atoms with E-state index in [0.29, 0.717) is 22.5 Å². The second-order valence-corrected chi connectivity index (χ2v) is 11.7. The number of aromatic nitrogens is 4. The van der Waals surface area contributed by atoms with E-state index in [9.17, 15) is 13.9 Å². The molecule has 36 heavy (non-hydrogen) atoms. The van der Waals surface area contributed by atoms with Gasteiger partial charge in [0.15, 0.2) is 11.6 Å². The average Bonchev–Trinajstić information content (AvgIpc) is 2.82. The van der Waals surface area contributed by atoms with Crippen molar-refractivity contribution in [2.45, 2.75) is 48.4 Å². The summed E-state index contributed by atoms with van der Waals surface area (Å²) >= 11 is 12.1. The molecule has 0 bridgehead atoms. The zero-order chi connectivity index (χ0) is 26.0. The fourth-order valence-electron chi connectivity index (χ4n) is 4.51. The van der Waals surface area contributed by atoms with Crippen LogP contribution in [-0.2, 0) is 0 Å². The molecule has 4 rings (SSSR count). The Bertz CT molecular complexity index is 1210. The van der Waals surface area contributed by atoms with Gasteiger partial charge in [0.1, 0.15) is 11.9 Å². The maximum absolute atomic E-state index is 15.0. The van der Waals surface area contributed by atoms with E-state index in [1.54, 1.807) is 24.1 Å². The molecule has 0 saturated heterocycles. The molecule has 3 aromatic rings. The average molecular weight is 552 g/mol. The van der Waals surface area contributed by atoms with Gasteiger partial charge in [0.2, 0.25) is 15.4 Å². The van der Waals surface area contributed by atoms with Crippen LogP contribution >= 0.6 is 37.9 Å². The van der Waals surface area contributed by atoms with Crippen molar-refractivity contribution in [3.8, 4) is 34.1 Å². The van der Waals surface area contributed by atoms with Crippen molar-refractivity contribution >= 4 is 43.7 Å². The molecule has 7 nitrogen and oxygen atoms in total. The predicted octanol–water partition coefficient (Wildman–Crippen LogP) is 5.58. The number of halogens is 2. The maximum Gasteiger partial charge on any atom is 0.242 e. The zero-order valence-electron chi connectivity index (χ0n) is 19.7. The molecular weight excluding hydrogens is 524 g/mol. The first-order chi connectivity index (χ1) is 17.1. The number of benzene rings is 1. The minimum absolute atomic E-state index is 0.0506. The van der Waals surface area contributed by atoms with Gasteiger partial charge in [-0.15, -0.1) is 48.1 Å². The van der Waals surface area contributed by atoms with Gasteiger partial charge in [0.25, 0.3) is 0 Å². The zero-order valence-corrected chi connectivity index (χ0v) is 22.4. The first-order valence-electron chi connectivity index (χ1n) is 11.5. The fourth-order valence-corrected chi connectivity index (χ4v) is 4.80. The van der Waals surface area contributed by atoms with Crippen LogP contribution in [0.5, 0.6) is 11.6 Å². The number of hydrogen-bond acceptors (Lipinski definition) is 10. The van der Waals surface area contributed by atoms with Gasteiger partial charge in [0.05, 0.1) is 17.8 Å². The number of phenolic OH excluding ortho intramolecular Hbond substituents is 1. The molecule has 1 fully saturated rings. The molecule has 192 valence electrons. The third-order valence-electron chi connectivity index (χ3n) is 6.41. The van der Waals surface area contributed by atoms with E-state index in [-0.39, 0.29) is 29.4 Å². The number of rotatable bonds is 7. The number of nitrogens with zero attached hydrogens (tertiary/aromatic N) is 5. The molecule has 3 atom stereocenters. The van der Waals surface area contributed by atoms with Gasteiger partial charge in [-0.25, -0.2) is 9.37 Å². The topological polar surface area (TPSA) is 84.3 Å². The van der Waals surface area contributed by atoms with E-state index in [2.05, 4.69) is 58.1 Å². The molecule has 0 aliphatic heterocycles. The number of alkyl halides is 1. The molecule has 1 N–H and O–H groups in total. The molecule has 1 saturated carbocycles. The lowest BCUT2D eigenvalue weighted by atomic mass is 9.82. The molecule has 1 aliphatic rings. The van der Waals surface area contributed by atoms with Crippen LogP contribution in [-0.4, -0.2) is 48.1 Å². The summed E-state index contributed by atoms with van der Waals surface area (Å²) in [6.07, 6.45) is 4.03. The number of hydrogen-bond donors (Lipinski definition) is 4. The number of anilines is 1. The Balaban J connectivity index is 1.54. The Morgan fingerprint density at radius 3 is 2.56 bits per heavy atom. The number of thiol groups is 3. The summed E-state index contributed by atoms with van der Waals surface area (Å²) in [5, 5.41) is 19.1. The molecule has 1 aromatic carbocycles. The van der Waals surface area contributed by atoms with E-state index in [1.807, 2.05) is 6.92 Å². The van der Waals surface area contributed by atoms with Crippen LogP contribution in [0.25, 0.3) is 22.5 Å². The van der Waals surface area contributed by atoms with E-state index in [0.717, 1.165) is 25.7 Å². The lowest BCUT2D eigenvalue weighted by Crippen LogP contribution is -2.45. The van der Waals surface area contributed by atoms with Crippen LogP contribution in [0.3, 0.4) is 0 Å². The molecule has 2 aromatic heterocycles. The van der Waals surface area contributed by atoms with Gasteiger partial charge in [0, 0.05) is 19.2 Å². The number of phenols is 1. The van der Waals surface area contributed by atoms with Crippen LogP contribution in [0.4, 0.5) is 14.6 Å². The van der Waals surface area contributed by atoms with Crippen molar-refractivity contribution in [1.82, 2.24) is 20.2 Å². The lowest BCUT2D eigenvalue weighted by Gasteiger charge is -2.38. The first-order valence-corrected chi connectivity index (χ1v) is 12.8. The molecule has 1 aliphatic carbocycles. The standard InChI is InChI=1S/C24H27F2N5O2S3/c1-3-13-5-4-6-17(22(13)26)31(2)20-12-27-23(30-29-20)16-8-7-14(9-18(16)32)15-10-19(25)28-21(11-15)33-24(34,35)36/h7-13,17,22,32,34-36H,3-6H2,1-2H3/t13-,17+,22-/m1/s1. The fraction of sp³-hybridized carbons (Fsp3) is 0.417. The van der Waals surface area contributed by atoms with Crippen molar-refractivity contribution < 1.29 is 18.6 Å². The quantitative estimate of drug-likeness (QED) is 0.173. The van der Waals surface area contributed by atoms with Gasteiger partial charge < -0.3 is 14.7 Å². The van der Waals surface area contributed by atoms with Gasteiger partial charge in [-0.1, -0.05) is 25.8 Å². The third kappa shape index (κ3) is 6.15. The van der Waals surface area contributed by atoms with Gasteiger partial charge >= 0.3 is 0 Å². The van der Waals surface area contributed by atoms with Gasteiger partial charge in [-0.3, -0.25) is 0 Å². The SMILES string of the molecule is CC[C@@H]1CCC[C@H](N(C)c2cnc(-c3ccc(-c4cc(F)nc(OC(S)(S)S)c4)cc3O)nn2)[C@@H]1F. The monoisotopic (exact) mass is 551 g/mol. The highest BCUT2D eigenvalue weighted by Crippen LogP contribution is 2.36. The maximum atomic E-state index is 15.0. The van der Waals surface area contributed by atoms with E-state index >= 15 is 0 Å². The molecule has 0 radical (unpaired) electrons. The Hall–Kier alpha value is -2.31. The highest BCUT2D eigenvalue weighted by molar-refractivity contribution is 8.16. The minimum atomic E-state index is -1.45. The van der Waals surface area contributed by atoms with Crippen LogP contribution in [0.15, 0.2) is 36.5 Å². The smallest absolute Gasteiger partial charge is 0.242 e. The van der Waals surface area contributed by atoms with Gasteiger partial charge in [-0.05, 0) is 42.0 Å². The van der Waals surface area contributed by atoms with E-state index in [1.165, 1.54) is 24.4 Å². The Labute approximate surface area is 225 Å². The summed E-state index contributed by atoms with van der Waals surface area (Å²) in [7, 11) is 1.80. The summed E-state index contributed by atoms with van der Waals surface area (Å²) in [5.74, 6) is -0.250. The summed E-state index contributed by atoms with van der Waals surface area (Å²) in [6.45, 7) is 2.02. The molecule has 12 heteroatoms. The summed E-state index contributed by atoms with van der Waals surface area (Å²) < 4.78 is 32.9. The van der Waals surface area contributed by atoms with Crippen LogP contribution in [0.1, 0.15) is 32.6 Å². The van der Waals surface area contributed by atoms with Crippen LogP contribution < -0.4 is 9.64 Å². The highest BCUT2D eigenvalue weighted by Gasteiger charge is 2.35. The Kier molecular flexibility index (Phi) is 8.15. The molecule has 2 heterocycles. The Morgan fingerprint density at radius 2 is 1.92 bits per heavy atom. The second-order valence-electron chi connectivity index (χ2n) is 8.79. The summed E-state index contributed by atoms with van der Waals surface area (Å²) in [4.78, 5) is 9.79. The lowest BCUT2D eigenvalue weighted by molar-refractivity contribution is 0.134. The minimum Gasteiger partial charge on any atom is -0.507 e. The number of aromatic hydroxyl groups is 1. The van der Waals surface area contributed by atoms with Gasteiger partial charge in [-0.2, -0.15) is 9.37 Å². The van der Waals surface area contributed by atoms with Crippen molar-refractivity contribution in [3.63, 3.8) is 0 Å². The van der Waals surface area contributed by atoms with Crippen LogP contribution in [0, 0.1) is 11.9 Å². The van der Waals surface area contributed by atoms with Crippen molar-refractivity contribution in [3.05, 3.63) is 42.5 Å². The van der Waals surface area contributed by atoms with Crippen molar-refractivity contribution in [2.24, 2.45) is 5.92 Å². The van der Waals surface area contributed by atoms with E-state index < -0.39 is 15.7 Å².